The van der Waals surface area contributed by atoms with E-state index in [1.807, 2.05) is 24.3 Å². The third kappa shape index (κ3) is 13.0. The molecular weight excluding hydrogens is 1080 g/mol. The fourth-order valence-electron chi connectivity index (χ4n) is 14.5. The largest absolute Gasteiger partial charge is 0.327 e. The SMILES string of the molecule is CCCCC(CC)CN1C(=O)c2cc(-c3ccc(-c4ccc5c(c4)C(CCCCCC[N+](C)(CC)CC)(CCCCCC[N+](C)(CC)CC)c4cc(C)ccc4-5)s3)c3c4c(cc(-c5ccc(C)s5)c(c24)C1=O)C(=O)N(CC(CC)CCCC)C3=O. The van der Waals surface area contributed by atoms with Gasteiger partial charge in [-0.15, -0.1) is 22.7 Å². The molecular formula is C75H102N4O4S2+2. The first-order chi connectivity index (χ1) is 41.0. The number of unbranched alkanes of at least 4 members (excludes halogenated alkanes) is 8. The molecule has 9 rings (SSSR count). The summed E-state index contributed by atoms with van der Waals surface area (Å²) in [7, 11) is 4.82. The number of hydrogen-bond acceptors (Lipinski definition) is 6. The van der Waals surface area contributed by atoms with Crippen molar-refractivity contribution in [3.05, 3.63) is 117 Å². The number of nitrogens with zero attached hydrogens (tertiary/aromatic N) is 4. The van der Waals surface area contributed by atoms with E-state index in [9.17, 15) is 0 Å². The Hall–Kier alpha value is -5.26. The topological polar surface area (TPSA) is 74.8 Å². The molecule has 10 heteroatoms. The molecule has 0 saturated heterocycles. The van der Waals surface area contributed by atoms with Gasteiger partial charge >= 0.3 is 0 Å². The highest BCUT2D eigenvalue weighted by Gasteiger charge is 2.46. The van der Waals surface area contributed by atoms with Crippen molar-refractivity contribution >= 4 is 57.1 Å². The molecule has 0 N–H and O–H groups in total. The van der Waals surface area contributed by atoms with E-state index in [1.165, 1.54) is 128 Å². The summed E-state index contributed by atoms with van der Waals surface area (Å²) in [5.41, 5.74) is 11.0. The van der Waals surface area contributed by atoms with Gasteiger partial charge in [0.15, 0.2) is 0 Å². The molecule has 0 fully saturated rings. The highest BCUT2D eigenvalue weighted by atomic mass is 32.1. The standard InChI is InChI=1S/C75H102N4O4S2/c1-13-21-31-53(15-3)49-76-72(81)61-48-59(70-68-60(71(80)77(74(70)83)50-54(16-4)32-22-14-2)47-58(65-38-34-52(10)84-65)69(67(61)68)73(76)82)66-40-39-64(85-66)55-35-37-57-56-36-33-51(9)45-62(56)75(63(57)46-55,41-27-23-25-29-43-78(11,17-5)18-6)42-28-24-26-30-44-79(12,19-7)20-8/h33-40,45-48,53-54H,13-32,41-44,49-50H2,1-12H3/q+2. The Kier molecular flexibility index (Phi) is 21.0. The number of quaternary nitrogens is 2. The molecule has 2 aromatic heterocycles. The van der Waals surface area contributed by atoms with Gasteiger partial charge in [-0.1, -0.05) is 128 Å². The molecule has 0 bridgehead atoms. The molecule has 0 spiro atoms. The molecule has 2 atom stereocenters. The lowest BCUT2D eigenvalue weighted by Gasteiger charge is -2.36. The Morgan fingerprint density at radius 1 is 0.447 bits per heavy atom. The molecule has 4 aromatic carbocycles. The monoisotopic (exact) mass is 1190 g/mol. The summed E-state index contributed by atoms with van der Waals surface area (Å²) in [5, 5.41) is 0.898. The van der Waals surface area contributed by atoms with Crippen LogP contribution in [0.4, 0.5) is 0 Å². The van der Waals surface area contributed by atoms with E-state index in [2.05, 4.69) is 132 Å². The first kappa shape index (κ1) is 64.2. The minimum atomic E-state index is -0.348. The van der Waals surface area contributed by atoms with E-state index >= 15 is 19.2 Å². The second-order valence-electron chi connectivity index (χ2n) is 26.5. The van der Waals surface area contributed by atoms with Crippen LogP contribution >= 0.6 is 22.7 Å². The lowest BCUT2D eigenvalue weighted by Crippen LogP contribution is -2.46. The Morgan fingerprint density at radius 2 is 0.894 bits per heavy atom. The average molecular weight is 1190 g/mol. The molecule has 0 radical (unpaired) electrons. The van der Waals surface area contributed by atoms with Crippen molar-refractivity contribution in [1.29, 1.82) is 0 Å². The van der Waals surface area contributed by atoms with Gasteiger partial charge in [-0.05, 0) is 175 Å². The van der Waals surface area contributed by atoms with Gasteiger partial charge in [-0.2, -0.15) is 0 Å². The minimum absolute atomic E-state index is 0.117. The normalized spacial score (nSPS) is 15.4. The molecule has 0 saturated carbocycles. The summed E-state index contributed by atoms with van der Waals surface area (Å²) in [6.45, 7) is 30.1. The first-order valence-electron chi connectivity index (χ1n) is 33.5. The number of benzene rings is 4. The Bertz CT molecular complexity index is 3340. The summed E-state index contributed by atoms with van der Waals surface area (Å²) in [5.74, 6) is -1.09. The molecule has 2 aliphatic heterocycles. The van der Waals surface area contributed by atoms with E-state index in [1.54, 1.807) is 22.7 Å². The summed E-state index contributed by atoms with van der Waals surface area (Å²) < 4.78 is 2.27. The van der Waals surface area contributed by atoms with Crippen LogP contribution in [0.5, 0.6) is 0 Å². The zero-order valence-corrected chi connectivity index (χ0v) is 55.8. The van der Waals surface area contributed by atoms with Gasteiger partial charge in [0.25, 0.3) is 23.6 Å². The van der Waals surface area contributed by atoms with Crippen molar-refractivity contribution in [3.63, 3.8) is 0 Å². The van der Waals surface area contributed by atoms with Crippen molar-refractivity contribution in [2.24, 2.45) is 11.8 Å². The quantitative estimate of drug-likeness (QED) is 0.0234. The van der Waals surface area contributed by atoms with E-state index in [4.69, 9.17) is 0 Å². The molecule has 85 heavy (non-hydrogen) atoms. The Labute approximate surface area is 519 Å². The molecule has 456 valence electrons. The van der Waals surface area contributed by atoms with E-state index in [0.29, 0.717) is 57.2 Å². The number of imide groups is 2. The van der Waals surface area contributed by atoms with Crippen LogP contribution in [0, 0.1) is 25.7 Å². The fraction of sp³-hybridized carbons (Fsp3) is 0.547. The highest BCUT2D eigenvalue weighted by Crippen LogP contribution is 2.56. The minimum Gasteiger partial charge on any atom is -0.327 e. The number of amides is 4. The predicted molar refractivity (Wildman–Crippen MR) is 359 cm³/mol. The molecule has 4 amide bonds. The molecule has 8 nitrogen and oxygen atoms in total. The predicted octanol–water partition coefficient (Wildman–Crippen LogP) is 19.3. The fourth-order valence-corrected chi connectivity index (χ4v) is 16.4. The van der Waals surface area contributed by atoms with Crippen LogP contribution in [0.2, 0.25) is 0 Å². The number of aryl methyl sites for hydroxylation is 2. The number of fused-ring (bicyclic) bond motifs is 3. The molecule has 1 aliphatic carbocycles. The maximum atomic E-state index is 15.7. The molecule has 4 heterocycles. The zero-order chi connectivity index (χ0) is 60.8. The van der Waals surface area contributed by atoms with Gasteiger partial charge in [0, 0.05) is 71.0 Å². The Morgan fingerprint density at radius 3 is 1.35 bits per heavy atom. The Balaban J connectivity index is 1.17. The van der Waals surface area contributed by atoms with Crippen molar-refractivity contribution < 1.29 is 28.1 Å². The van der Waals surface area contributed by atoms with Gasteiger partial charge < -0.3 is 8.97 Å². The molecule has 2 unspecified atom stereocenters. The number of hydrogen-bond donors (Lipinski definition) is 0. The average Bonchev–Trinajstić information content (AvgIpc) is 1.33. The van der Waals surface area contributed by atoms with Crippen LogP contribution in [-0.4, -0.2) is 109 Å². The second-order valence-corrected chi connectivity index (χ2v) is 28.8. The summed E-state index contributed by atoms with van der Waals surface area (Å²) in [4.78, 5) is 68.7. The lowest BCUT2D eigenvalue weighted by molar-refractivity contribution is -0.906. The van der Waals surface area contributed by atoms with Crippen molar-refractivity contribution in [3.8, 4) is 42.4 Å². The number of rotatable bonds is 33. The first-order valence-corrected chi connectivity index (χ1v) is 35.1. The van der Waals surface area contributed by atoms with E-state index in [-0.39, 0.29) is 40.9 Å². The van der Waals surface area contributed by atoms with E-state index < -0.39 is 0 Å². The number of thiophene rings is 2. The van der Waals surface area contributed by atoms with Crippen LogP contribution in [0.25, 0.3) is 53.2 Å². The smallest absolute Gasteiger partial charge is 0.262 e. The van der Waals surface area contributed by atoms with Gasteiger partial charge in [0.05, 0.1) is 64.5 Å². The summed E-state index contributed by atoms with van der Waals surface area (Å²) >= 11 is 3.24. The maximum Gasteiger partial charge on any atom is 0.262 e. The van der Waals surface area contributed by atoms with Crippen LogP contribution in [-0.2, 0) is 5.41 Å². The van der Waals surface area contributed by atoms with Gasteiger partial charge in [-0.25, -0.2) is 0 Å². The van der Waals surface area contributed by atoms with Gasteiger partial charge in [-0.3, -0.25) is 29.0 Å². The van der Waals surface area contributed by atoms with Crippen molar-refractivity contribution in [2.75, 3.05) is 66.5 Å². The van der Waals surface area contributed by atoms with Crippen LogP contribution < -0.4 is 0 Å². The second kappa shape index (κ2) is 27.8. The van der Waals surface area contributed by atoms with Gasteiger partial charge in [0.1, 0.15) is 0 Å². The van der Waals surface area contributed by atoms with Gasteiger partial charge in [0.2, 0.25) is 0 Å². The lowest BCUT2D eigenvalue weighted by atomic mass is 9.70. The summed E-state index contributed by atoms with van der Waals surface area (Å²) in [6.07, 6.45) is 19.7. The summed E-state index contributed by atoms with van der Waals surface area (Å²) in [6, 6.07) is 26.6. The molecule has 6 aromatic rings. The van der Waals surface area contributed by atoms with Crippen LogP contribution in [0.1, 0.15) is 234 Å². The van der Waals surface area contributed by atoms with Crippen molar-refractivity contribution in [1.82, 2.24) is 9.80 Å². The van der Waals surface area contributed by atoms with E-state index in [0.717, 1.165) is 98.2 Å². The third-order valence-corrected chi connectivity index (χ3v) is 23.3. The van der Waals surface area contributed by atoms with Crippen molar-refractivity contribution in [2.45, 2.75) is 190 Å². The maximum absolute atomic E-state index is 15.7. The van der Waals surface area contributed by atoms with Crippen LogP contribution in [0.3, 0.4) is 0 Å². The third-order valence-electron chi connectivity index (χ3n) is 21.1. The van der Waals surface area contributed by atoms with Crippen LogP contribution in [0.15, 0.2) is 72.8 Å². The zero-order valence-electron chi connectivity index (χ0n) is 54.2. The number of carbonyl (C=O) groups is 4. The number of carbonyl (C=O) groups excluding carboxylic acids is 4. The molecule has 3 aliphatic rings. The highest BCUT2D eigenvalue weighted by molar-refractivity contribution is 7.19.